The minimum atomic E-state index is -0.153. The van der Waals surface area contributed by atoms with Gasteiger partial charge in [-0.1, -0.05) is 43.2 Å². The zero-order chi connectivity index (χ0) is 21.7. The quantitative estimate of drug-likeness (QED) is 0.720. The molecule has 0 saturated heterocycles. The first-order valence-electron chi connectivity index (χ1n) is 10.9. The summed E-state index contributed by atoms with van der Waals surface area (Å²) in [6.07, 6.45) is 1.68. The minimum Gasteiger partial charge on any atom is -0.375 e. The van der Waals surface area contributed by atoms with Gasteiger partial charge in [0.15, 0.2) is 5.82 Å². The molecule has 7 nitrogen and oxygen atoms in total. The second-order valence-corrected chi connectivity index (χ2v) is 8.83. The Labute approximate surface area is 179 Å². The van der Waals surface area contributed by atoms with Crippen LogP contribution in [0.4, 0.5) is 0 Å². The molecule has 30 heavy (non-hydrogen) atoms. The van der Waals surface area contributed by atoms with Crippen LogP contribution in [-0.4, -0.2) is 52.4 Å². The van der Waals surface area contributed by atoms with Crippen LogP contribution < -0.4 is 5.32 Å². The van der Waals surface area contributed by atoms with E-state index in [1.165, 1.54) is 23.8 Å². The topological polar surface area (TPSA) is 72.3 Å². The number of fused-ring (bicyclic) bond motifs is 1. The van der Waals surface area contributed by atoms with E-state index in [0.717, 1.165) is 50.7 Å². The Balaban J connectivity index is 1.73. The van der Waals surface area contributed by atoms with Gasteiger partial charge in [-0.3, -0.25) is 9.69 Å². The fraction of sp³-hybridized carbons (Fsp3) is 0.609. The van der Waals surface area contributed by atoms with E-state index in [1.807, 2.05) is 0 Å². The molecule has 1 N–H and O–H groups in total. The Kier molecular flexibility index (Phi) is 7.61. The van der Waals surface area contributed by atoms with Crippen molar-refractivity contribution in [1.82, 2.24) is 25.0 Å². The normalized spacial score (nSPS) is 15.7. The van der Waals surface area contributed by atoms with Crippen molar-refractivity contribution in [1.29, 1.82) is 0 Å². The molecule has 1 aliphatic heterocycles. The lowest BCUT2D eigenvalue weighted by atomic mass is 10.0. The monoisotopic (exact) mass is 413 g/mol. The molecule has 2 aromatic rings. The van der Waals surface area contributed by atoms with Gasteiger partial charge in [0.2, 0.25) is 5.91 Å². The van der Waals surface area contributed by atoms with Gasteiger partial charge < -0.3 is 14.6 Å². The van der Waals surface area contributed by atoms with E-state index in [0.29, 0.717) is 5.92 Å². The highest BCUT2D eigenvalue weighted by Gasteiger charge is 2.26. The highest BCUT2D eigenvalue weighted by molar-refractivity contribution is 5.77. The highest BCUT2D eigenvalue weighted by Crippen LogP contribution is 2.23. The number of rotatable bonds is 8. The van der Waals surface area contributed by atoms with Crippen molar-refractivity contribution < 1.29 is 9.53 Å². The van der Waals surface area contributed by atoms with Crippen molar-refractivity contribution in [2.24, 2.45) is 5.92 Å². The number of nitrogens with one attached hydrogen (secondary N) is 1. The average Bonchev–Trinajstić information content (AvgIpc) is 2.95. The van der Waals surface area contributed by atoms with Crippen molar-refractivity contribution in [2.45, 2.75) is 59.7 Å². The molecule has 0 radical (unpaired) electrons. The molecule has 0 bridgehead atoms. The van der Waals surface area contributed by atoms with Crippen LogP contribution >= 0.6 is 0 Å². The van der Waals surface area contributed by atoms with Crippen LogP contribution in [0.5, 0.6) is 0 Å². The Hall–Kier alpha value is -2.25. The number of hydrogen-bond donors (Lipinski definition) is 1. The second-order valence-electron chi connectivity index (χ2n) is 8.83. The number of amides is 1. The summed E-state index contributed by atoms with van der Waals surface area (Å²) in [5.41, 5.74) is 3.97. The molecule has 1 atom stereocenters. The summed E-state index contributed by atoms with van der Waals surface area (Å²) in [7, 11) is 1.53. The molecule has 1 aliphatic rings. The SMILES string of the molecule is COCC(=O)N[C@H](CC(C)C)c1nnc2n1CCN(Cc1cc(C)cc(C)c1)CC2. The number of benzene rings is 1. The lowest BCUT2D eigenvalue weighted by Crippen LogP contribution is -2.34. The number of aryl methyl sites for hydroxylation is 2. The van der Waals surface area contributed by atoms with E-state index in [-0.39, 0.29) is 18.6 Å². The van der Waals surface area contributed by atoms with Crippen molar-refractivity contribution in [2.75, 3.05) is 26.8 Å². The Morgan fingerprint density at radius 1 is 1.13 bits per heavy atom. The third kappa shape index (κ3) is 5.89. The first-order chi connectivity index (χ1) is 14.4. The number of carbonyl (C=O) groups excluding carboxylic acids is 1. The van der Waals surface area contributed by atoms with E-state index >= 15 is 0 Å². The predicted octanol–water partition coefficient (Wildman–Crippen LogP) is 2.80. The molecule has 1 aromatic heterocycles. The minimum absolute atomic E-state index is 0.0548. The standard InChI is InChI=1S/C23H35N5O2/c1-16(2)10-20(24-22(29)15-30-5)23-26-25-21-6-7-27(8-9-28(21)23)14-19-12-17(3)11-18(4)13-19/h11-13,16,20H,6-10,14-15H2,1-5H3,(H,24,29)/t20-/m1/s1. The lowest BCUT2D eigenvalue weighted by Gasteiger charge is -2.22. The first-order valence-corrected chi connectivity index (χ1v) is 10.9. The van der Waals surface area contributed by atoms with Crippen molar-refractivity contribution >= 4 is 5.91 Å². The van der Waals surface area contributed by atoms with Gasteiger partial charge in [0.1, 0.15) is 12.4 Å². The van der Waals surface area contributed by atoms with Gasteiger partial charge in [0.05, 0.1) is 6.04 Å². The molecule has 1 aromatic carbocycles. The number of aromatic nitrogens is 3. The summed E-state index contributed by atoms with van der Waals surface area (Å²) in [6.45, 7) is 12.3. The number of methoxy groups -OCH3 is 1. The smallest absolute Gasteiger partial charge is 0.246 e. The van der Waals surface area contributed by atoms with Gasteiger partial charge in [0, 0.05) is 39.7 Å². The van der Waals surface area contributed by atoms with E-state index in [2.05, 4.69) is 70.9 Å². The summed E-state index contributed by atoms with van der Waals surface area (Å²) >= 11 is 0. The third-order valence-electron chi connectivity index (χ3n) is 5.46. The molecule has 0 unspecified atom stereocenters. The molecular formula is C23H35N5O2. The van der Waals surface area contributed by atoms with Gasteiger partial charge in [-0.2, -0.15) is 0 Å². The number of carbonyl (C=O) groups is 1. The fourth-order valence-electron chi connectivity index (χ4n) is 4.29. The van der Waals surface area contributed by atoms with Crippen LogP contribution in [0, 0.1) is 19.8 Å². The summed E-state index contributed by atoms with van der Waals surface area (Å²) in [6, 6.07) is 6.60. The molecule has 2 heterocycles. The van der Waals surface area contributed by atoms with Gasteiger partial charge in [-0.25, -0.2) is 0 Å². The molecule has 0 fully saturated rings. The molecule has 164 valence electrons. The van der Waals surface area contributed by atoms with E-state index in [1.54, 1.807) is 0 Å². The van der Waals surface area contributed by atoms with Crippen molar-refractivity contribution in [3.63, 3.8) is 0 Å². The molecule has 7 heteroatoms. The number of nitrogens with zero attached hydrogens (tertiary/aromatic N) is 4. The maximum absolute atomic E-state index is 12.2. The zero-order valence-electron chi connectivity index (χ0n) is 18.9. The number of ether oxygens (including phenoxy) is 1. The summed E-state index contributed by atoms with van der Waals surface area (Å²) in [5.74, 6) is 2.17. The molecule has 0 aliphatic carbocycles. The molecule has 0 saturated carbocycles. The number of hydrogen-bond acceptors (Lipinski definition) is 5. The predicted molar refractivity (Wildman–Crippen MR) is 117 cm³/mol. The van der Waals surface area contributed by atoms with Crippen LogP contribution in [0.2, 0.25) is 0 Å². The van der Waals surface area contributed by atoms with E-state index in [9.17, 15) is 4.79 Å². The van der Waals surface area contributed by atoms with Gasteiger partial charge in [-0.15, -0.1) is 10.2 Å². The summed E-state index contributed by atoms with van der Waals surface area (Å²) in [4.78, 5) is 14.7. The largest absolute Gasteiger partial charge is 0.375 e. The molecular weight excluding hydrogens is 378 g/mol. The summed E-state index contributed by atoms with van der Waals surface area (Å²) < 4.78 is 7.20. The van der Waals surface area contributed by atoms with Gasteiger partial charge in [-0.05, 0) is 31.7 Å². The Morgan fingerprint density at radius 3 is 2.53 bits per heavy atom. The van der Waals surface area contributed by atoms with E-state index < -0.39 is 0 Å². The average molecular weight is 414 g/mol. The van der Waals surface area contributed by atoms with Gasteiger partial charge >= 0.3 is 0 Å². The van der Waals surface area contributed by atoms with Crippen LogP contribution in [0.25, 0.3) is 0 Å². The third-order valence-corrected chi connectivity index (χ3v) is 5.46. The maximum atomic E-state index is 12.2. The first kappa shape index (κ1) is 22.4. The highest BCUT2D eigenvalue weighted by atomic mass is 16.5. The van der Waals surface area contributed by atoms with Crippen LogP contribution in [0.3, 0.4) is 0 Å². The maximum Gasteiger partial charge on any atom is 0.246 e. The van der Waals surface area contributed by atoms with Crippen molar-refractivity contribution in [3.05, 3.63) is 46.5 Å². The molecule has 1 amide bonds. The lowest BCUT2D eigenvalue weighted by molar-refractivity contribution is -0.125. The van der Waals surface area contributed by atoms with Crippen molar-refractivity contribution in [3.8, 4) is 0 Å². The Bertz CT molecular complexity index is 841. The summed E-state index contributed by atoms with van der Waals surface area (Å²) in [5, 5.41) is 12.0. The van der Waals surface area contributed by atoms with Crippen LogP contribution in [0.15, 0.2) is 18.2 Å². The molecule has 3 rings (SSSR count). The van der Waals surface area contributed by atoms with Crippen LogP contribution in [0.1, 0.15) is 54.6 Å². The van der Waals surface area contributed by atoms with Crippen LogP contribution in [-0.2, 0) is 29.0 Å². The zero-order valence-corrected chi connectivity index (χ0v) is 18.9. The van der Waals surface area contributed by atoms with Gasteiger partial charge in [0.25, 0.3) is 0 Å². The Morgan fingerprint density at radius 2 is 1.87 bits per heavy atom. The second kappa shape index (κ2) is 10.2. The fourth-order valence-corrected chi connectivity index (χ4v) is 4.29. The molecule has 0 spiro atoms. The van der Waals surface area contributed by atoms with E-state index in [4.69, 9.17) is 4.74 Å².